The number of aromatic nitrogens is 1. The lowest BCUT2D eigenvalue weighted by molar-refractivity contribution is 0.986. The minimum atomic E-state index is 0.571. The monoisotopic (exact) mass is 258 g/mol. The predicted molar refractivity (Wildman–Crippen MR) is 77.6 cm³/mol. The smallest absolute Gasteiger partial charge is 0.0969 e. The van der Waals surface area contributed by atoms with E-state index in [0.717, 1.165) is 22.0 Å². The third-order valence-corrected chi connectivity index (χ3v) is 3.68. The number of thioether (sulfide) groups is 1. The van der Waals surface area contributed by atoms with Crippen molar-refractivity contribution in [1.82, 2.24) is 4.98 Å². The van der Waals surface area contributed by atoms with Gasteiger partial charge in [-0.05, 0) is 37.1 Å². The van der Waals surface area contributed by atoms with Crippen molar-refractivity contribution in [2.45, 2.75) is 31.2 Å². The van der Waals surface area contributed by atoms with Gasteiger partial charge in [0, 0.05) is 18.0 Å². The molecule has 0 bridgehead atoms. The summed E-state index contributed by atoms with van der Waals surface area (Å²) in [5.41, 5.74) is 10.5. The third-order valence-electron chi connectivity index (χ3n) is 2.69. The second-order valence-electron chi connectivity index (χ2n) is 4.44. The molecule has 0 aliphatic carbocycles. The van der Waals surface area contributed by atoms with Gasteiger partial charge in [-0.1, -0.05) is 29.8 Å². The SMILES string of the molecule is Cc1cccc(CSc2cc(CN)cc(C)n2)c1. The Bertz CT molecular complexity index is 538. The Hall–Kier alpha value is -1.32. The van der Waals surface area contributed by atoms with Gasteiger partial charge in [0.1, 0.15) is 0 Å². The molecule has 1 aromatic carbocycles. The van der Waals surface area contributed by atoms with E-state index in [1.165, 1.54) is 11.1 Å². The maximum Gasteiger partial charge on any atom is 0.0969 e. The molecule has 0 unspecified atom stereocenters. The van der Waals surface area contributed by atoms with E-state index in [4.69, 9.17) is 5.73 Å². The predicted octanol–water partition coefficient (Wildman–Crippen LogP) is 3.45. The Morgan fingerprint density at radius 2 is 1.94 bits per heavy atom. The average molecular weight is 258 g/mol. The maximum atomic E-state index is 5.68. The standard InChI is InChI=1S/C15H18N2S/c1-11-4-3-5-13(6-11)10-18-15-8-14(9-16)7-12(2)17-15/h3-8H,9-10,16H2,1-2H3. The summed E-state index contributed by atoms with van der Waals surface area (Å²) in [7, 11) is 0. The van der Waals surface area contributed by atoms with Gasteiger partial charge in [-0.2, -0.15) is 0 Å². The zero-order chi connectivity index (χ0) is 13.0. The first-order valence-corrected chi connectivity index (χ1v) is 7.02. The summed E-state index contributed by atoms with van der Waals surface area (Å²) in [6.07, 6.45) is 0. The molecule has 2 nitrogen and oxygen atoms in total. The van der Waals surface area contributed by atoms with Gasteiger partial charge in [-0.15, -0.1) is 11.8 Å². The Kier molecular flexibility index (Phi) is 4.39. The molecular formula is C15H18N2S. The highest BCUT2D eigenvalue weighted by molar-refractivity contribution is 7.98. The van der Waals surface area contributed by atoms with Gasteiger partial charge in [-0.3, -0.25) is 0 Å². The van der Waals surface area contributed by atoms with E-state index in [0.29, 0.717) is 6.54 Å². The Labute approximate surface area is 113 Å². The largest absolute Gasteiger partial charge is 0.326 e. The van der Waals surface area contributed by atoms with Crippen molar-refractivity contribution in [2.75, 3.05) is 0 Å². The molecule has 0 saturated heterocycles. The van der Waals surface area contributed by atoms with Crippen LogP contribution in [-0.2, 0) is 12.3 Å². The first-order valence-electron chi connectivity index (χ1n) is 6.03. The Morgan fingerprint density at radius 3 is 2.67 bits per heavy atom. The fourth-order valence-electron chi connectivity index (χ4n) is 1.86. The highest BCUT2D eigenvalue weighted by Crippen LogP contribution is 2.22. The molecule has 1 heterocycles. The lowest BCUT2D eigenvalue weighted by Gasteiger charge is -2.06. The zero-order valence-electron chi connectivity index (χ0n) is 10.8. The number of nitrogens with two attached hydrogens (primary N) is 1. The van der Waals surface area contributed by atoms with Crippen LogP contribution in [0.3, 0.4) is 0 Å². The molecule has 0 fully saturated rings. The van der Waals surface area contributed by atoms with Gasteiger partial charge in [0.15, 0.2) is 0 Å². The number of hydrogen-bond donors (Lipinski definition) is 1. The van der Waals surface area contributed by atoms with Gasteiger partial charge in [0.05, 0.1) is 5.03 Å². The van der Waals surface area contributed by atoms with E-state index in [2.05, 4.69) is 42.2 Å². The molecule has 1 aromatic heterocycles. The van der Waals surface area contributed by atoms with Crippen LogP contribution < -0.4 is 5.73 Å². The molecule has 0 aliphatic rings. The molecule has 2 N–H and O–H groups in total. The lowest BCUT2D eigenvalue weighted by atomic mass is 10.2. The first kappa shape index (κ1) is 13.1. The summed E-state index contributed by atoms with van der Waals surface area (Å²) in [6, 6.07) is 12.7. The van der Waals surface area contributed by atoms with Crippen molar-refractivity contribution in [3.63, 3.8) is 0 Å². The van der Waals surface area contributed by atoms with Gasteiger partial charge >= 0.3 is 0 Å². The molecule has 18 heavy (non-hydrogen) atoms. The molecule has 2 rings (SSSR count). The normalized spacial score (nSPS) is 10.6. The topological polar surface area (TPSA) is 38.9 Å². The first-order chi connectivity index (χ1) is 8.67. The van der Waals surface area contributed by atoms with Gasteiger partial charge in [0.2, 0.25) is 0 Å². The van der Waals surface area contributed by atoms with Crippen molar-refractivity contribution in [2.24, 2.45) is 5.73 Å². The summed E-state index contributed by atoms with van der Waals surface area (Å²) in [6.45, 7) is 4.70. The summed E-state index contributed by atoms with van der Waals surface area (Å²) in [4.78, 5) is 4.53. The number of hydrogen-bond acceptors (Lipinski definition) is 3. The maximum absolute atomic E-state index is 5.68. The van der Waals surface area contributed by atoms with Crippen LogP contribution >= 0.6 is 11.8 Å². The van der Waals surface area contributed by atoms with Crippen LogP contribution in [0.2, 0.25) is 0 Å². The van der Waals surface area contributed by atoms with E-state index in [9.17, 15) is 0 Å². The summed E-state index contributed by atoms with van der Waals surface area (Å²) in [5, 5.41) is 1.05. The number of pyridine rings is 1. The molecule has 0 atom stereocenters. The molecule has 0 saturated carbocycles. The Balaban J connectivity index is 2.08. The van der Waals surface area contributed by atoms with Crippen molar-refractivity contribution < 1.29 is 0 Å². The minimum Gasteiger partial charge on any atom is -0.326 e. The summed E-state index contributed by atoms with van der Waals surface area (Å²) >= 11 is 1.76. The fraction of sp³-hybridized carbons (Fsp3) is 0.267. The van der Waals surface area contributed by atoms with Crippen LogP contribution in [0.15, 0.2) is 41.4 Å². The molecule has 0 aliphatic heterocycles. The number of rotatable bonds is 4. The second-order valence-corrected chi connectivity index (χ2v) is 5.43. The molecular weight excluding hydrogens is 240 g/mol. The van der Waals surface area contributed by atoms with Crippen molar-refractivity contribution in [3.8, 4) is 0 Å². The molecule has 0 spiro atoms. The molecule has 3 heteroatoms. The quantitative estimate of drug-likeness (QED) is 0.854. The highest BCUT2D eigenvalue weighted by atomic mass is 32.2. The summed E-state index contributed by atoms with van der Waals surface area (Å²) < 4.78 is 0. The van der Waals surface area contributed by atoms with Gasteiger partial charge < -0.3 is 5.73 Å². The van der Waals surface area contributed by atoms with Crippen LogP contribution in [0.5, 0.6) is 0 Å². The lowest BCUT2D eigenvalue weighted by Crippen LogP contribution is -1.98. The number of aryl methyl sites for hydroxylation is 2. The van der Waals surface area contributed by atoms with Crippen LogP contribution in [0.25, 0.3) is 0 Å². The third kappa shape index (κ3) is 3.59. The fourth-order valence-corrected chi connectivity index (χ4v) is 2.80. The van der Waals surface area contributed by atoms with Crippen LogP contribution in [0.1, 0.15) is 22.4 Å². The molecule has 0 radical (unpaired) electrons. The minimum absolute atomic E-state index is 0.571. The van der Waals surface area contributed by atoms with Gasteiger partial charge in [0.25, 0.3) is 0 Å². The number of nitrogens with zero attached hydrogens (tertiary/aromatic N) is 1. The van der Waals surface area contributed by atoms with Crippen LogP contribution in [-0.4, -0.2) is 4.98 Å². The van der Waals surface area contributed by atoms with E-state index in [-0.39, 0.29) is 0 Å². The van der Waals surface area contributed by atoms with E-state index >= 15 is 0 Å². The Morgan fingerprint density at radius 1 is 1.11 bits per heavy atom. The average Bonchev–Trinajstić information content (AvgIpc) is 2.36. The van der Waals surface area contributed by atoms with Crippen molar-refractivity contribution in [1.29, 1.82) is 0 Å². The van der Waals surface area contributed by atoms with E-state index in [1.54, 1.807) is 11.8 Å². The van der Waals surface area contributed by atoms with Crippen LogP contribution in [0, 0.1) is 13.8 Å². The van der Waals surface area contributed by atoms with Gasteiger partial charge in [-0.25, -0.2) is 4.98 Å². The second kappa shape index (κ2) is 6.03. The molecule has 0 amide bonds. The zero-order valence-corrected chi connectivity index (χ0v) is 11.6. The van der Waals surface area contributed by atoms with Crippen LogP contribution in [0.4, 0.5) is 0 Å². The summed E-state index contributed by atoms with van der Waals surface area (Å²) in [5.74, 6) is 0.947. The number of benzene rings is 1. The molecule has 94 valence electrons. The van der Waals surface area contributed by atoms with E-state index in [1.807, 2.05) is 13.0 Å². The highest BCUT2D eigenvalue weighted by Gasteiger charge is 2.01. The van der Waals surface area contributed by atoms with E-state index < -0.39 is 0 Å². The van der Waals surface area contributed by atoms with Crippen molar-refractivity contribution in [3.05, 3.63) is 58.8 Å². The van der Waals surface area contributed by atoms with Crippen molar-refractivity contribution >= 4 is 11.8 Å². The molecule has 2 aromatic rings.